The summed E-state index contributed by atoms with van der Waals surface area (Å²) in [7, 11) is 0. The molecule has 1 atom stereocenters. The molecule has 1 unspecified atom stereocenters. The van der Waals surface area contributed by atoms with Gasteiger partial charge in [-0.3, -0.25) is 14.9 Å². The van der Waals surface area contributed by atoms with E-state index in [0.29, 0.717) is 13.0 Å². The normalized spacial score (nSPS) is 20.8. The lowest BCUT2D eigenvalue weighted by Gasteiger charge is -2.05. The van der Waals surface area contributed by atoms with Gasteiger partial charge in [0, 0.05) is 13.0 Å². The van der Waals surface area contributed by atoms with Crippen molar-refractivity contribution >= 4 is 11.8 Å². The van der Waals surface area contributed by atoms with Gasteiger partial charge in [0.25, 0.3) is 0 Å². The van der Waals surface area contributed by atoms with Crippen LogP contribution < -0.4 is 10.6 Å². The van der Waals surface area contributed by atoms with E-state index in [1.54, 1.807) is 6.92 Å². The highest BCUT2D eigenvalue weighted by Gasteiger charge is 2.29. The SMILES string of the molecule is CC#CCCNC1CC(=O)NC1=O. The van der Waals surface area contributed by atoms with Crippen molar-refractivity contribution in [2.75, 3.05) is 6.54 Å². The van der Waals surface area contributed by atoms with Crippen molar-refractivity contribution in [1.82, 2.24) is 10.6 Å². The number of nitrogens with one attached hydrogen (secondary N) is 2. The standard InChI is InChI=1S/C9H12N2O2/c1-2-3-4-5-10-7-6-8(12)11-9(7)13/h7,10H,4-6H2,1H3,(H,11,12,13). The average molecular weight is 180 g/mol. The Morgan fingerprint density at radius 1 is 1.62 bits per heavy atom. The van der Waals surface area contributed by atoms with Gasteiger partial charge in [0.05, 0.1) is 12.5 Å². The van der Waals surface area contributed by atoms with Crippen LogP contribution in [0, 0.1) is 11.8 Å². The molecule has 4 heteroatoms. The van der Waals surface area contributed by atoms with Crippen LogP contribution in [-0.4, -0.2) is 24.4 Å². The molecule has 0 radical (unpaired) electrons. The predicted octanol–water partition coefficient (Wildman–Crippen LogP) is -0.596. The fourth-order valence-electron chi connectivity index (χ4n) is 1.15. The first kappa shape index (κ1) is 9.75. The van der Waals surface area contributed by atoms with E-state index in [1.807, 2.05) is 0 Å². The third-order valence-electron chi connectivity index (χ3n) is 1.79. The zero-order valence-electron chi connectivity index (χ0n) is 7.52. The summed E-state index contributed by atoms with van der Waals surface area (Å²) >= 11 is 0. The lowest BCUT2D eigenvalue weighted by molar-refractivity contribution is -0.125. The van der Waals surface area contributed by atoms with Gasteiger partial charge in [-0.05, 0) is 6.92 Å². The van der Waals surface area contributed by atoms with Gasteiger partial charge in [0.15, 0.2) is 0 Å². The van der Waals surface area contributed by atoms with Crippen molar-refractivity contribution < 1.29 is 9.59 Å². The average Bonchev–Trinajstić information content (AvgIpc) is 2.39. The molecular formula is C9H12N2O2. The van der Waals surface area contributed by atoms with Gasteiger partial charge in [-0.2, -0.15) is 0 Å². The lowest BCUT2D eigenvalue weighted by atomic mass is 10.2. The largest absolute Gasteiger partial charge is 0.304 e. The van der Waals surface area contributed by atoms with Crippen molar-refractivity contribution in [2.24, 2.45) is 0 Å². The molecule has 1 rings (SSSR count). The predicted molar refractivity (Wildman–Crippen MR) is 47.6 cm³/mol. The van der Waals surface area contributed by atoms with Gasteiger partial charge >= 0.3 is 0 Å². The Balaban J connectivity index is 2.24. The Kier molecular flexibility index (Phi) is 3.47. The number of amides is 2. The Labute approximate surface area is 77.1 Å². The molecule has 0 aromatic rings. The first-order chi connectivity index (χ1) is 6.24. The highest BCUT2D eigenvalue weighted by molar-refractivity contribution is 6.05. The minimum absolute atomic E-state index is 0.205. The van der Waals surface area contributed by atoms with E-state index in [1.165, 1.54) is 0 Å². The van der Waals surface area contributed by atoms with Crippen LogP contribution in [0.3, 0.4) is 0 Å². The van der Waals surface area contributed by atoms with Crippen LogP contribution in [0.15, 0.2) is 0 Å². The molecular weight excluding hydrogens is 168 g/mol. The molecule has 2 N–H and O–H groups in total. The molecule has 70 valence electrons. The molecule has 1 aliphatic heterocycles. The number of hydrogen-bond acceptors (Lipinski definition) is 3. The van der Waals surface area contributed by atoms with Crippen LogP contribution in [0.2, 0.25) is 0 Å². The van der Waals surface area contributed by atoms with Crippen molar-refractivity contribution in [3.8, 4) is 11.8 Å². The molecule has 1 aliphatic rings. The van der Waals surface area contributed by atoms with Crippen LogP contribution in [0.5, 0.6) is 0 Å². The summed E-state index contributed by atoms with van der Waals surface area (Å²) in [4.78, 5) is 21.8. The molecule has 4 nitrogen and oxygen atoms in total. The van der Waals surface area contributed by atoms with E-state index < -0.39 is 0 Å². The molecule has 13 heavy (non-hydrogen) atoms. The Morgan fingerprint density at radius 3 is 2.92 bits per heavy atom. The molecule has 2 amide bonds. The van der Waals surface area contributed by atoms with E-state index in [4.69, 9.17) is 0 Å². The zero-order chi connectivity index (χ0) is 9.68. The molecule has 0 aliphatic carbocycles. The molecule has 0 saturated carbocycles. The highest BCUT2D eigenvalue weighted by atomic mass is 16.2. The minimum Gasteiger partial charge on any atom is -0.304 e. The second kappa shape index (κ2) is 4.63. The van der Waals surface area contributed by atoms with E-state index in [0.717, 1.165) is 0 Å². The van der Waals surface area contributed by atoms with Crippen LogP contribution in [0.25, 0.3) is 0 Å². The molecule has 0 aromatic carbocycles. The van der Waals surface area contributed by atoms with Crippen LogP contribution in [0.4, 0.5) is 0 Å². The zero-order valence-corrected chi connectivity index (χ0v) is 7.52. The summed E-state index contributed by atoms with van der Waals surface area (Å²) in [5.74, 6) is 5.19. The van der Waals surface area contributed by atoms with Gasteiger partial charge in [-0.1, -0.05) is 0 Å². The van der Waals surface area contributed by atoms with Gasteiger partial charge in [-0.15, -0.1) is 11.8 Å². The third kappa shape index (κ3) is 2.88. The first-order valence-corrected chi connectivity index (χ1v) is 4.20. The fraction of sp³-hybridized carbons (Fsp3) is 0.556. The number of carbonyl (C=O) groups is 2. The first-order valence-electron chi connectivity index (χ1n) is 4.20. The summed E-state index contributed by atoms with van der Waals surface area (Å²) in [5.41, 5.74) is 0. The van der Waals surface area contributed by atoms with Gasteiger partial charge in [0.1, 0.15) is 0 Å². The molecule has 0 spiro atoms. The van der Waals surface area contributed by atoms with Crippen molar-refractivity contribution in [1.29, 1.82) is 0 Å². The summed E-state index contributed by atoms with van der Waals surface area (Å²) in [6.07, 6.45) is 0.951. The van der Waals surface area contributed by atoms with Gasteiger partial charge in [-0.25, -0.2) is 0 Å². The van der Waals surface area contributed by atoms with E-state index in [9.17, 15) is 9.59 Å². The van der Waals surface area contributed by atoms with Gasteiger partial charge < -0.3 is 5.32 Å². The number of imide groups is 1. The van der Waals surface area contributed by atoms with Crippen molar-refractivity contribution in [2.45, 2.75) is 25.8 Å². The number of hydrogen-bond donors (Lipinski definition) is 2. The van der Waals surface area contributed by atoms with E-state index >= 15 is 0 Å². The lowest BCUT2D eigenvalue weighted by Crippen LogP contribution is -2.36. The summed E-state index contributed by atoms with van der Waals surface area (Å²) in [6.45, 7) is 2.41. The number of rotatable bonds is 3. The molecule has 1 heterocycles. The summed E-state index contributed by atoms with van der Waals surface area (Å²) < 4.78 is 0. The van der Waals surface area contributed by atoms with Gasteiger partial charge in [0.2, 0.25) is 11.8 Å². The molecule has 1 fully saturated rings. The maximum atomic E-state index is 11.0. The maximum absolute atomic E-state index is 11.0. The van der Waals surface area contributed by atoms with Crippen molar-refractivity contribution in [3.63, 3.8) is 0 Å². The summed E-state index contributed by atoms with van der Waals surface area (Å²) in [6, 6.07) is -0.355. The Bertz CT molecular complexity index is 275. The third-order valence-corrected chi connectivity index (χ3v) is 1.79. The number of carbonyl (C=O) groups excluding carboxylic acids is 2. The Hall–Kier alpha value is -1.34. The highest BCUT2D eigenvalue weighted by Crippen LogP contribution is 2.00. The monoisotopic (exact) mass is 180 g/mol. The molecule has 1 saturated heterocycles. The molecule has 0 bridgehead atoms. The van der Waals surface area contributed by atoms with E-state index in [2.05, 4.69) is 22.5 Å². The second-order valence-electron chi connectivity index (χ2n) is 2.80. The quantitative estimate of drug-likeness (QED) is 0.346. The van der Waals surface area contributed by atoms with Crippen LogP contribution in [0.1, 0.15) is 19.8 Å². The Morgan fingerprint density at radius 2 is 2.38 bits per heavy atom. The fourth-order valence-corrected chi connectivity index (χ4v) is 1.15. The minimum atomic E-state index is -0.355. The maximum Gasteiger partial charge on any atom is 0.244 e. The molecule has 0 aromatic heterocycles. The van der Waals surface area contributed by atoms with Crippen LogP contribution in [-0.2, 0) is 9.59 Å². The van der Waals surface area contributed by atoms with Crippen molar-refractivity contribution in [3.05, 3.63) is 0 Å². The smallest absolute Gasteiger partial charge is 0.244 e. The second-order valence-corrected chi connectivity index (χ2v) is 2.80. The summed E-state index contributed by atoms with van der Waals surface area (Å²) in [5, 5.41) is 5.19. The van der Waals surface area contributed by atoms with E-state index in [-0.39, 0.29) is 24.3 Å². The van der Waals surface area contributed by atoms with Crippen LogP contribution >= 0.6 is 0 Å². The topological polar surface area (TPSA) is 58.2 Å².